The second-order valence-corrected chi connectivity index (χ2v) is 5.99. The van der Waals surface area contributed by atoms with Gasteiger partial charge in [0, 0.05) is 17.9 Å². The van der Waals surface area contributed by atoms with Crippen molar-refractivity contribution in [2.75, 3.05) is 16.8 Å². The van der Waals surface area contributed by atoms with E-state index in [0.29, 0.717) is 23.4 Å². The monoisotopic (exact) mass is 315 g/mol. The van der Waals surface area contributed by atoms with E-state index >= 15 is 0 Å². The third kappa shape index (κ3) is 3.22. The number of amides is 1. The highest BCUT2D eigenvalue weighted by Crippen LogP contribution is 2.30. The van der Waals surface area contributed by atoms with Crippen molar-refractivity contribution in [1.29, 1.82) is 0 Å². The molecule has 1 aliphatic heterocycles. The van der Waals surface area contributed by atoms with Crippen LogP contribution in [-0.2, 0) is 11.2 Å². The molecule has 0 saturated heterocycles. The van der Waals surface area contributed by atoms with Crippen LogP contribution < -0.4 is 10.2 Å². The maximum atomic E-state index is 12.3. The molecule has 22 heavy (non-hydrogen) atoms. The minimum Gasteiger partial charge on any atom is -0.359 e. The number of nitrogens with zero attached hydrogens (tertiary/aromatic N) is 2. The number of anilines is 2. The van der Waals surface area contributed by atoms with Gasteiger partial charge in [-0.05, 0) is 43.5 Å². The van der Waals surface area contributed by atoms with E-state index in [0.717, 1.165) is 18.5 Å². The predicted molar refractivity (Wildman–Crippen MR) is 89.4 cm³/mol. The number of aromatic nitrogens is 1. The van der Waals surface area contributed by atoms with Gasteiger partial charge in [0.15, 0.2) is 0 Å². The average molecular weight is 316 g/mol. The molecule has 0 saturated carbocycles. The molecule has 0 spiro atoms. The van der Waals surface area contributed by atoms with E-state index in [-0.39, 0.29) is 5.91 Å². The van der Waals surface area contributed by atoms with E-state index in [1.165, 1.54) is 11.8 Å². The van der Waals surface area contributed by atoms with Crippen molar-refractivity contribution in [2.24, 2.45) is 0 Å². The number of hydrogen-bond acceptors (Lipinski definition) is 3. The number of pyridine rings is 1. The number of aryl methyl sites for hydroxylation is 1. The summed E-state index contributed by atoms with van der Waals surface area (Å²) in [5, 5.41) is 3.37. The van der Waals surface area contributed by atoms with Gasteiger partial charge in [-0.3, -0.25) is 4.79 Å². The molecule has 1 aliphatic rings. The number of benzene rings is 1. The number of carbonyl (C=O) groups excluding carboxylic acids is 1. The minimum atomic E-state index is -0.0709. The Balaban J connectivity index is 1.72. The Labute approximate surface area is 135 Å². The summed E-state index contributed by atoms with van der Waals surface area (Å²) in [6.07, 6.45) is 3.65. The van der Waals surface area contributed by atoms with Crippen LogP contribution in [0.3, 0.4) is 0 Å². The van der Waals surface area contributed by atoms with Crippen LogP contribution in [0.2, 0.25) is 5.02 Å². The smallest absolute Gasteiger partial charge is 0.245 e. The number of rotatable bonds is 3. The summed E-state index contributed by atoms with van der Waals surface area (Å²) >= 11 is 5.80. The van der Waals surface area contributed by atoms with Crippen LogP contribution >= 0.6 is 11.6 Å². The lowest BCUT2D eigenvalue weighted by Gasteiger charge is -2.36. The molecule has 1 unspecified atom stereocenters. The first-order valence-corrected chi connectivity index (χ1v) is 7.77. The normalized spacial score (nSPS) is 17.0. The molecule has 2 heterocycles. The highest BCUT2D eigenvalue weighted by atomic mass is 35.5. The lowest BCUT2D eigenvalue weighted by molar-refractivity contribution is -0.115. The summed E-state index contributed by atoms with van der Waals surface area (Å²) in [5.74, 6) is 0.450. The maximum Gasteiger partial charge on any atom is 0.245 e. The van der Waals surface area contributed by atoms with E-state index in [4.69, 9.17) is 11.6 Å². The third-order valence-corrected chi connectivity index (χ3v) is 4.20. The van der Waals surface area contributed by atoms with Crippen molar-refractivity contribution in [3.8, 4) is 0 Å². The average Bonchev–Trinajstić information content (AvgIpc) is 2.52. The van der Waals surface area contributed by atoms with Crippen LogP contribution in [0.15, 0.2) is 42.6 Å². The molecule has 2 aromatic rings. The van der Waals surface area contributed by atoms with Crippen LogP contribution in [0.5, 0.6) is 0 Å². The first-order valence-electron chi connectivity index (χ1n) is 7.39. The molecule has 1 amide bonds. The lowest BCUT2D eigenvalue weighted by Crippen LogP contribution is -2.42. The number of nitrogens with one attached hydrogen (secondary N) is 1. The number of hydrogen-bond donors (Lipinski definition) is 1. The number of carbonyl (C=O) groups is 1. The molecular formula is C17H18ClN3O. The molecule has 4 nitrogen and oxygen atoms in total. The number of para-hydroxylation sites is 1. The van der Waals surface area contributed by atoms with Crippen molar-refractivity contribution in [3.63, 3.8) is 0 Å². The van der Waals surface area contributed by atoms with Gasteiger partial charge in [-0.1, -0.05) is 29.8 Å². The minimum absolute atomic E-state index is 0.0709. The van der Waals surface area contributed by atoms with Crippen molar-refractivity contribution in [3.05, 3.63) is 53.2 Å². The fraction of sp³-hybridized carbons (Fsp3) is 0.294. The Morgan fingerprint density at radius 3 is 2.95 bits per heavy atom. The van der Waals surface area contributed by atoms with E-state index in [2.05, 4.69) is 34.3 Å². The quantitative estimate of drug-likeness (QED) is 0.942. The summed E-state index contributed by atoms with van der Waals surface area (Å²) in [6, 6.07) is 12.0. The maximum absolute atomic E-state index is 12.3. The fourth-order valence-corrected chi connectivity index (χ4v) is 2.90. The van der Waals surface area contributed by atoms with Gasteiger partial charge in [-0.15, -0.1) is 0 Å². The molecule has 0 radical (unpaired) electrons. The lowest BCUT2D eigenvalue weighted by atomic mass is 9.97. The van der Waals surface area contributed by atoms with Crippen LogP contribution in [0, 0.1) is 0 Å². The molecule has 0 bridgehead atoms. The largest absolute Gasteiger partial charge is 0.359 e. The van der Waals surface area contributed by atoms with Crippen LogP contribution in [-0.4, -0.2) is 23.5 Å². The zero-order chi connectivity index (χ0) is 15.5. The molecule has 5 heteroatoms. The molecule has 0 aliphatic carbocycles. The summed E-state index contributed by atoms with van der Waals surface area (Å²) in [7, 11) is 0. The predicted octanol–water partition coefficient (Wildman–Crippen LogP) is 3.51. The zero-order valence-corrected chi connectivity index (χ0v) is 13.2. The third-order valence-electron chi connectivity index (χ3n) is 3.97. The number of fused-ring (bicyclic) bond motifs is 1. The van der Waals surface area contributed by atoms with E-state index in [1.54, 1.807) is 12.1 Å². The fourth-order valence-electron chi connectivity index (χ4n) is 2.79. The Hall–Kier alpha value is -2.07. The molecule has 1 aromatic carbocycles. The molecule has 1 aromatic heterocycles. The van der Waals surface area contributed by atoms with Crippen LogP contribution in [0.25, 0.3) is 0 Å². The Morgan fingerprint density at radius 1 is 1.36 bits per heavy atom. The van der Waals surface area contributed by atoms with E-state index in [9.17, 15) is 4.79 Å². The standard InChI is InChI=1S/C17H18ClN3O/c1-12-6-7-13-4-2-3-5-15(13)21(12)11-17(22)20-16-9-8-14(18)10-19-16/h2-5,8-10,12H,6-7,11H2,1H3,(H,19,20,22). The van der Waals surface area contributed by atoms with Gasteiger partial charge in [0.25, 0.3) is 0 Å². The molecule has 1 atom stereocenters. The Morgan fingerprint density at radius 2 is 2.18 bits per heavy atom. The summed E-state index contributed by atoms with van der Waals surface area (Å²) in [5.41, 5.74) is 2.46. The van der Waals surface area contributed by atoms with Crippen LogP contribution in [0.4, 0.5) is 11.5 Å². The molecular weight excluding hydrogens is 298 g/mol. The molecule has 0 fully saturated rings. The first-order chi connectivity index (χ1) is 10.6. The van der Waals surface area contributed by atoms with Gasteiger partial charge < -0.3 is 10.2 Å². The van der Waals surface area contributed by atoms with Gasteiger partial charge in [0.1, 0.15) is 5.82 Å². The van der Waals surface area contributed by atoms with Crippen molar-refractivity contribution in [1.82, 2.24) is 4.98 Å². The molecule has 114 valence electrons. The highest BCUT2D eigenvalue weighted by molar-refractivity contribution is 6.30. The van der Waals surface area contributed by atoms with Gasteiger partial charge in [-0.2, -0.15) is 0 Å². The van der Waals surface area contributed by atoms with Crippen molar-refractivity contribution >= 4 is 29.0 Å². The van der Waals surface area contributed by atoms with Gasteiger partial charge in [0.2, 0.25) is 5.91 Å². The highest BCUT2D eigenvalue weighted by Gasteiger charge is 2.24. The van der Waals surface area contributed by atoms with Crippen molar-refractivity contribution < 1.29 is 4.79 Å². The summed E-state index contributed by atoms with van der Waals surface area (Å²) in [4.78, 5) is 18.5. The van der Waals surface area contributed by atoms with Crippen molar-refractivity contribution in [2.45, 2.75) is 25.8 Å². The Bertz CT molecular complexity index is 672. The van der Waals surface area contributed by atoms with Gasteiger partial charge in [-0.25, -0.2) is 4.98 Å². The second kappa shape index (κ2) is 6.36. The SMILES string of the molecule is CC1CCc2ccccc2N1CC(=O)Nc1ccc(Cl)cn1. The Kier molecular flexibility index (Phi) is 4.29. The first kappa shape index (κ1) is 14.9. The van der Waals surface area contributed by atoms with Crippen LogP contribution in [0.1, 0.15) is 18.9 Å². The topological polar surface area (TPSA) is 45.2 Å². The summed E-state index contributed by atoms with van der Waals surface area (Å²) in [6.45, 7) is 2.48. The second-order valence-electron chi connectivity index (χ2n) is 5.55. The summed E-state index contributed by atoms with van der Waals surface area (Å²) < 4.78 is 0. The number of halogens is 1. The van der Waals surface area contributed by atoms with E-state index in [1.807, 2.05) is 12.1 Å². The molecule has 1 N–H and O–H groups in total. The zero-order valence-electron chi connectivity index (χ0n) is 12.4. The van der Waals surface area contributed by atoms with E-state index < -0.39 is 0 Å². The van der Waals surface area contributed by atoms with Gasteiger partial charge in [0.05, 0.1) is 11.6 Å². The molecule has 3 rings (SSSR count). The van der Waals surface area contributed by atoms with Gasteiger partial charge >= 0.3 is 0 Å².